The molecule has 1 aliphatic heterocycles. The van der Waals surface area contributed by atoms with Gasteiger partial charge in [0.1, 0.15) is 0 Å². The van der Waals surface area contributed by atoms with Crippen LogP contribution < -0.4 is 0 Å². The Morgan fingerprint density at radius 1 is 1.15 bits per heavy atom. The Bertz CT molecular complexity index is 445. The first-order valence-electron chi connectivity index (χ1n) is 7.77. The minimum Gasteiger partial charge on any atom is -0.389 e. The zero-order chi connectivity index (χ0) is 14.2. The highest BCUT2D eigenvalue weighted by Crippen LogP contribution is 2.28. The van der Waals surface area contributed by atoms with E-state index in [1.54, 1.807) is 6.92 Å². The van der Waals surface area contributed by atoms with Crippen LogP contribution in [0.25, 0.3) is 0 Å². The third kappa shape index (κ3) is 2.76. The highest BCUT2D eigenvalue weighted by atomic mass is 16.3. The van der Waals surface area contributed by atoms with Crippen LogP contribution in [0.3, 0.4) is 0 Å². The largest absolute Gasteiger partial charge is 0.389 e. The van der Waals surface area contributed by atoms with Gasteiger partial charge in [0.2, 0.25) is 0 Å². The predicted molar refractivity (Wildman–Crippen MR) is 79.7 cm³/mol. The van der Waals surface area contributed by atoms with Crippen LogP contribution in [0.2, 0.25) is 0 Å². The Morgan fingerprint density at radius 2 is 1.75 bits per heavy atom. The number of fused-ring (bicyclic) bond motifs is 1. The van der Waals surface area contributed by atoms with Crippen LogP contribution in [-0.2, 0) is 12.8 Å². The molecular formula is C17H25NO2. The number of β-amino-alcohol motifs (C(OH)–C–C–N with tert-alkyl or cyclic N) is 1. The lowest BCUT2D eigenvalue weighted by Crippen LogP contribution is -2.56. The van der Waals surface area contributed by atoms with Gasteiger partial charge in [-0.3, -0.25) is 4.90 Å². The number of aliphatic hydroxyl groups excluding tert-OH is 1. The van der Waals surface area contributed by atoms with E-state index in [2.05, 4.69) is 29.2 Å². The second-order valence-corrected chi connectivity index (χ2v) is 6.62. The number of aliphatic hydroxyl groups is 2. The summed E-state index contributed by atoms with van der Waals surface area (Å²) < 4.78 is 0. The van der Waals surface area contributed by atoms with E-state index >= 15 is 0 Å². The summed E-state index contributed by atoms with van der Waals surface area (Å²) in [6.45, 7) is 3.25. The second-order valence-electron chi connectivity index (χ2n) is 6.62. The van der Waals surface area contributed by atoms with E-state index in [0.717, 1.165) is 32.2 Å². The number of piperidine rings is 1. The summed E-state index contributed by atoms with van der Waals surface area (Å²) in [4.78, 5) is 2.38. The molecule has 110 valence electrons. The summed E-state index contributed by atoms with van der Waals surface area (Å²) >= 11 is 0. The number of nitrogens with zero attached hydrogens (tertiary/aromatic N) is 1. The van der Waals surface area contributed by atoms with Gasteiger partial charge in [0, 0.05) is 19.1 Å². The molecule has 2 atom stereocenters. The third-order valence-corrected chi connectivity index (χ3v) is 5.16. The zero-order valence-corrected chi connectivity index (χ0v) is 12.3. The first-order valence-corrected chi connectivity index (χ1v) is 7.77. The van der Waals surface area contributed by atoms with Gasteiger partial charge in [-0.25, -0.2) is 0 Å². The first-order chi connectivity index (χ1) is 9.56. The molecule has 20 heavy (non-hydrogen) atoms. The van der Waals surface area contributed by atoms with Gasteiger partial charge in [0.25, 0.3) is 0 Å². The van der Waals surface area contributed by atoms with Crippen molar-refractivity contribution >= 4 is 0 Å². The van der Waals surface area contributed by atoms with Crippen molar-refractivity contribution in [3.63, 3.8) is 0 Å². The molecule has 0 aromatic heterocycles. The van der Waals surface area contributed by atoms with Crippen LogP contribution >= 0.6 is 0 Å². The average Bonchev–Trinajstić information content (AvgIpc) is 2.65. The number of rotatable bonds is 1. The van der Waals surface area contributed by atoms with Crippen molar-refractivity contribution in [2.45, 2.75) is 56.8 Å². The van der Waals surface area contributed by atoms with E-state index in [-0.39, 0.29) is 0 Å². The topological polar surface area (TPSA) is 43.7 Å². The fraction of sp³-hybridized carbons (Fsp3) is 0.647. The summed E-state index contributed by atoms with van der Waals surface area (Å²) in [6, 6.07) is 9.27. The Hall–Kier alpha value is -0.900. The molecule has 1 saturated heterocycles. The van der Waals surface area contributed by atoms with Gasteiger partial charge >= 0.3 is 0 Å². The number of hydrogen-bond acceptors (Lipinski definition) is 3. The van der Waals surface area contributed by atoms with Gasteiger partial charge in [-0.1, -0.05) is 24.3 Å². The summed E-state index contributed by atoms with van der Waals surface area (Å²) in [7, 11) is 0. The maximum atomic E-state index is 10.1. The number of likely N-dealkylation sites (tertiary alicyclic amines) is 1. The van der Waals surface area contributed by atoms with Crippen LogP contribution in [-0.4, -0.2) is 45.9 Å². The third-order valence-electron chi connectivity index (χ3n) is 5.16. The van der Waals surface area contributed by atoms with Gasteiger partial charge in [-0.05, 0) is 50.2 Å². The molecule has 0 amide bonds. The lowest BCUT2D eigenvalue weighted by molar-refractivity contribution is -0.114. The molecule has 1 fully saturated rings. The van der Waals surface area contributed by atoms with Crippen LogP contribution in [0.15, 0.2) is 24.3 Å². The van der Waals surface area contributed by atoms with Crippen molar-refractivity contribution in [3.05, 3.63) is 35.4 Å². The molecule has 3 heteroatoms. The Balaban J connectivity index is 1.66. The highest BCUT2D eigenvalue weighted by molar-refractivity contribution is 5.28. The van der Waals surface area contributed by atoms with Gasteiger partial charge in [-0.15, -0.1) is 0 Å². The lowest BCUT2D eigenvalue weighted by atomic mass is 9.89. The smallest absolute Gasteiger partial charge is 0.0951 e. The van der Waals surface area contributed by atoms with Crippen molar-refractivity contribution < 1.29 is 10.2 Å². The molecular weight excluding hydrogens is 250 g/mol. The Labute approximate surface area is 121 Å². The van der Waals surface area contributed by atoms with Crippen molar-refractivity contribution in [2.24, 2.45) is 0 Å². The average molecular weight is 275 g/mol. The van der Waals surface area contributed by atoms with Gasteiger partial charge in [0.15, 0.2) is 0 Å². The van der Waals surface area contributed by atoms with E-state index in [0.29, 0.717) is 19.0 Å². The summed E-state index contributed by atoms with van der Waals surface area (Å²) in [5.74, 6) is 0. The molecule has 0 saturated carbocycles. The molecule has 0 radical (unpaired) electrons. The van der Waals surface area contributed by atoms with E-state index in [9.17, 15) is 10.2 Å². The van der Waals surface area contributed by atoms with Crippen LogP contribution in [0.4, 0.5) is 0 Å². The normalized spacial score (nSPS) is 32.6. The minimum atomic E-state index is -0.913. The van der Waals surface area contributed by atoms with Crippen molar-refractivity contribution in [3.8, 4) is 0 Å². The SMILES string of the molecule is C[C@]1(O)CCN(C2CCc3ccccc3CC2)C[C@@H]1O. The van der Waals surface area contributed by atoms with Crippen molar-refractivity contribution in [2.75, 3.05) is 13.1 Å². The van der Waals surface area contributed by atoms with Crippen molar-refractivity contribution in [1.82, 2.24) is 4.90 Å². The van der Waals surface area contributed by atoms with Gasteiger partial charge in [0.05, 0.1) is 11.7 Å². The molecule has 2 aliphatic rings. The molecule has 1 heterocycles. The number of aryl methyl sites for hydroxylation is 2. The zero-order valence-electron chi connectivity index (χ0n) is 12.3. The predicted octanol–water partition coefficient (Wildman–Crippen LogP) is 1.75. The van der Waals surface area contributed by atoms with Gasteiger partial charge < -0.3 is 10.2 Å². The van der Waals surface area contributed by atoms with Crippen LogP contribution in [0.5, 0.6) is 0 Å². The van der Waals surface area contributed by atoms with E-state index < -0.39 is 11.7 Å². The molecule has 0 unspecified atom stereocenters. The van der Waals surface area contributed by atoms with E-state index in [1.165, 1.54) is 11.1 Å². The monoisotopic (exact) mass is 275 g/mol. The minimum absolute atomic E-state index is 0.535. The summed E-state index contributed by atoms with van der Waals surface area (Å²) in [5, 5.41) is 20.2. The molecule has 3 rings (SSSR count). The maximum absolute atomic E-state index is 10.1. The Kier molecular flexibility index (Phi) is 3.85. The quantitative estimate of drug-likeness (QED) is 0.768. The molecule has 1 aromatic rings. The Morgan fingerprint density at radius 3 is 2.30 bits per heavy atom. The fourth-order valence-electron chi connectivity index (χ4n) is 3.58. The maximum Gasteiger partial charge on any atom is 0.0951 e. The highest BCUT2D eigenvalue weighted by Gasteiger charge is 2.38. The standard InChI is InChI=1S/C17H25NO2/c1-17(20)10-11-18(12-16(17)19)15-8-6-13-4-2-3-5-14(13)7-9-15/h2-5,15-16,19-20H,6-12H2,1H3/t16-,17-/m0/s1. The van der Waals surface area contributed by atoms with Crippen molar-refractivity contribution in [1.29, 1.82) is 0 Å². The molecule has 3 nitrogen and oxygen atoms in total. The number of benzene rings is 1. The molecule has 1 aliphatic carbocycles. The fourth-order valence-corrected chi connectivity index (χ4v) is 3.58. The molecule has 2 N–H and O–H groups in total. The van der Waals surface area contributed by atoms with Gasteiger partial charge in [-0.2, -0.15) is 0 Å². The summed E-state index contributed by atoms with van der Waals surface area (Å²) in [5.41, 5.74) is 2.06. The lowest BCUT2D eigenvalue weighted by Gasteiger charge is -2.43. The van der Waals surface area contributed by atoms with E-state index in [1.807, 2.05) is 0 Å². The van der Waals surface area contributed by atoms with Crippen LogP contribution in [0, 0.1) is 0 Å². The summed E-state index contributed by atoms with van der Waals surface area (Å²) in [6.07, 6.45) is 4.62. The number of hydrogen-bond donors (Lipinski definition) is 2. The molecule has 0 bridgehead atoms. The van der Waals surface area contributed by atoms with Crippen LogP contribution in [0.1, 0.15) is 37.3 Å². The molecule has 1 aromatic carbocycles. The second kappa shape index (κ2) is 5.47. The molecule has 0 spiro atoms. The van der Waals surface area contributed by atoms with E-state index in [4.69, 9.17) is 0 Å². The first kappa shape index (κ1) is 14.1.